The Morgan fingerprint density at radius 1 is 1.26 bits per heavy atom. The summed E-state index contributed by atoms with van der Waals surface area (Å²) in [4.78, 5) is 36.6. The number of aromatic nitrogens is 4. The monoisotopic (exact) mass is 485 g/mol. The molecule has 2 fully saturated rings. The maximum atomic E-state index is 13.5. The number of rotatable bonds is 7. The molecule has 2 amide bonds. The van der Waals surface area contributed by atoms with E-state index >= 15 is 0 Å². The third-order valence-electron chi connectivity index (χ3n) is 7.83. The van der Waals surface area contributed by atoms with Crippen LogP contribution in [0, 0.1) is 25.2 Å². The molecule has 0 aromatic carbocycles. The lowest BCUT2D eigenvalue weighted by atomic mass is 9.76. The average molecular weight is 486 g/mol. The van der Waals surface area contributed by atoms with E-state index in [4.69, 9.17) is 4.52 Å². The molecule has 0 radical (unpaired) electrons. The van der Waals surface area contributed by atoms with E-state index in [0.717, 1.165) is 50.2 Å². The first-order valence-corrected chi connectivity index (χ1v) is 12.7. The minimum Gasteiger partial charge on any atom is -0.342 e. The smallest absolute Gasteiger partial charge is 0.244 e. The van der Waals surface area contributed by atoms with Gasteiger partial charge in [0, 0.05) is 56.9 Å². The number of hydrogen-bond donors (Lipinski definition) is 0. The fraction of sp³-hybridized carbons (Fsp3) is 0.720. The van der Waals surface area contributed by atoms with Gasteiger partial charge in [-0.25, -0.2) is 0 Å². The minimum absolute atomic E-state index is 0.0133. The molecule has 4 rings (SSSR count). The highest BCUT2D eigenvalue weighted by atomic mass is 16.5. The second-order valence-electron chi connectivity index (χ2n) is 10.6. The molecule has 2 saturated heterocycles. The van der Waals surface area contributed by atoms with Crippen LogP contribution < -0.4 is 0 Å². The van der Waals surface area contributed by atoms with E-state index in [9.17, 15) is 9.59 Å². The number of likely N-dealkylation sites (tertiary alicyclic amines) is 2. The molecule has 192 valence electrons. The second-order valence-corrected chi connectivity index (χ2v) is 10.6. The van der Waals surface area contributed by atoms with Crippen molar-refractivity contribution in [3.63, 3.8) is 0 Å². The Balaban J connectivity index is 1.49. The fourth-order valence-corrected chi connectivity index (χ4v) is 5.49. The molecule has 10 heteroatoms. The Hall–Kier alpha value is -2.75. The average Bonchev–Trinajstić information content (AvgIpc) is 3.50. The van der Waals surface area contributed by atoms with Gasteiger partial charge in [-0.3, -0.25) is 19.2 Å². The van der Waals surface area contributed by atoms with Crippen LogP contribution in [0.4, 0.5) is 0 Å². The van der Waals surface area contributed by atoms with Gasteiger partial charge in [-0.05, 0) is 45.4 Å². The zero-order chi connectivity index (χ0) is 25.3. The molecule has 2 aromatic rings. The van der Waals surface area contributed by atoms with Crippen molar-refractivity contribution >= 4 is 11.8 Å². The lowest BCUT2D eigenvalue weighted by Gasteiger charge is -2.40. The van der Waals surface area contributed by atoms with Crippen LogP contribution in [0.1, 0.15) is 69.0 Å². The van der Waals surface area contributed by atoms with E-state index in [0.29, 0.717) is 31.3 Å². The Morgan fingerprint density at radius 3 is 2.51 bits per heavy atom. The van der Waals surface area contributed by atoms with Crippen LogP contribution in [0.3, 0.4) is 0 Å². The summed E-state index contributed by atoms with van der Waals surface area (Å²) in [5.74, 6) is 1.50. The molecular formula is C25H39N7O3. The third-order valence-corrected chi connectivity index (χ3v) is 7.83. The van der Waals surface area contributed by atoms with Crippen molar-refractivity contribution in [1.29, 1.82) is 0 Å². The molecule has 2 aromatic heterocycles. The summed E-state index contributed by atoms with van der Waals surface area (Å²) in [5, 5.41) is 8.33. The molecular weight excluding hydrogens is 446 g/mol. The molecule has 0 N–H and O–H groups in total. The Morgan fingerprint density at radius 2 is 1.97 bits per heavy atom. The molecule has 0 bridgehead atoms. The molecule has 1 unspecified atom stereocenters. The third kappa shape index (κ3) is 5.27. The van der Waals surface area contributed by atoms with E-state index < -0.39 is 0 Å². The van der Waals surface area contributed by atoms with Gasteiger partial charge in [0.2, 0.25) is 17.7 Å². The van der Waals surface area contributed by atoms with Crippen LogP contribution in [0.5, 0.6) is 0 Å². The van der Waals surface area contributed by atoms with Crippen LogP contribution in [-0.2, 0) is 23.2 Å². The van der Waals surface area contributed by atoms with Gasteiger partial charge >= 0.3 is 0 Å². The molecule has 0 aliphatic carbocycles. The van der Waals surface area contributed by atoms with Gasteiger partial charge in [-0.2, -0.15) is 10.1 Å². The highest BCUT2D eigenvalue weighted by molar-refractivity contribution is 5.79. The topological polar surface area (TPSA) is 101 Å². The first kappa shape index (κ1) is 25.3. The highest BCUT2D eigenvalue weighted by Gasteiger charge is 2.49. The number of piperidine rings is 1. The molecule has 2 aliphatic rings. The summed E-state index contributed by atoms with van der Waals surface area (Å²) >= 11 is 0. The van der Waals surface area contributed by atoms with Gasteiger partial charge < -0.3 is 14.3 Å². The fourth-order valence-electron chi connectivity index (χ4n) is 5.49. The Kier molecular flexibility index (Phi) is 7.30. The first-order chi connectivity index (χ1) is 16.6. The van der Waals surface area contributed by atoms with Crippen LogP contribution >= 0.6 is 0 Å². The standard InChI is InChI=1S/C25H39N7O3/c1-7-30(14-20-13-26-29(6)18(20)4)22(33)15-32-16-25(12-21(32)23-27-19(5)28-35-23)8-10-31(11-9-25)24(34)17(2)3/h13,17,21H,7-12,14-16H2,1-6H3. The van der Waals surface area contributed by atoms with Crippen molar-refractivity contribution < 1.29 is 14.1 Å². The summed E-state index contributed by atoms with van der Waals surface area (Å²) < 4.78 is 7.42. The van der Waals surface area contributed by atoms with Crippen molar-refractivity contribution in [2.24, 2.45) is 18.4 Å². The van der Waals surface area contributed by atoms with Gasteiger partial charge in [-0.1, -0.05) is 19.0 Å². The molecule has 10 nitrogen and oxygen atoms in total. The van der Waals surface area contributed by atoms with Crippen LogP contribution in [0.15, 0.2) is 10.7 Å². The van der Waals surface area contributed by atoms with Gasteiger partial charge in [0.25, 0.3) is 0 Å². The van der Waals surface area contributed by atoms with Crippen molar-refractivity contribution in [2.45, 2.75) is 66.5 Å². The molecule has 1 atom stereocenters. The minimum atomic E-state index is -0.0914. The second kappa shape index (κ2) is 10.1. The maximum absolute atomic E-state index is 13.5. The number of carbonyl (C=O) groups excluding carboxylic acids is 2. The predicted octanol–water partition coefficient (Wildman–Crippen LogP) is 2.48. The Bertz CT molecular complexity index is 1050. The van der Waals surface area contributed by atoms with Crippen molar-refractivity contribution in [3.05, 3.63) is 29.2 Å². The number of carbonyl (C=O) groups is 2. The zero-order valence-corrected chi connectivity index (χ0v) is 22.0. The maximum Gasteiger partial charge on any atom is 0.244 e. The quantitative estimate of drug-likeness (QED) is 0.594. The lowest BCUT2D eigenvalue weighted by molar-refractivity contribution is -0.136. The van der Waals surface area contributed by atoms with E-state index in [1.54, 1.807) is 0 Å². The normalized spacial score (nSPS) is 20.2. The largest absolute Gasteiger partial charge is 0.342 e. The van der Waals surface area contributed by atoms with E-state index in [2.05, 4.69) is 20.1 Å². The molecule has 0 saturated carbocycles. The number of aryl methyl sites for hydroxylation is 2. The summed E-state index contributed by atoms with van der Waals surface area (Å²) in [5.41, 5.74) is 2.17. The molecule has 4 heterocycles. The van der Waals surface area contributed by atoms with E-state index in [1.807, 2.05) is 62.3 Å². The number of likely N-dealkylation sites (N-methyl/N-ethyl adjacent to an activating group) is 1. The van der Waals surface area contributed by atoms with E-state index in [-0.39, 0.29) is 29.2 Å². The molecule has 1 spiro atoms. The van der Waals surface area contributed by atoms with Gasteiger partial charge in [0.1, 0.15) is 0 Å². The predicted molar refractivity (Wildman–Crippen MR) is 130 cm³/mol. The first-order valence-electron chi connectivity index (χ1n) is 12.7. The lowest BCUT2D eigenvalue weighted by Crippen LogP contribution is -2.46. The summed E-state index contributed by atoms with van der Waals surface area (Å²) in [6, 6.07) is -0.0914. The summed E-state index contributed by atoms with van der Waals surface area (Å²) in [7, 11) is 1.91. The zero-order valence-electron chi connectivity index (χ0n) is 22.0. The number of nitrogens with zero attached hydrogens (tertiary/aromatic N) is 7. The van der Waals surface area contributed by atoms with Gasteiger partial charge in [0.05, 0.1) is 18.8 Å². The number of hydrogen-bond acceptors (Lipinski definition) is 7. The SMILES string of the molecule is CCN(Cc1cnn(C)c1C)C(=O)CN1CC2(CCN(C(=O)C(C)C)CC2)CC1c1nc(C)no1. The van der Waals surface area contributed by atoms with Crippen molar-refractivity contribution in [2.75, 3.05) is 32.7 Å². The summed E-state index contributed by atoms with van der Waals surface area (Å²) in [6.45, 7) is 13.5. The van der Waals surface area contributed by atoms with Crippen molar-refractivity contribution in [1.82, 2.24) is 34.6 Å². The van der Waals surface area contributed by atoms with Gasteiger partial charge in [-0.15, -0.1) is 0 Å². The van der Waals surface area contributed by atoms with Gasteiger partial charge in [0.15, 0.2) is 5.82 Å². The Labute approximate surface area is 207 Å². The van der Waals surface area contributed by atoms with Crippen LogP contribution in [-0.4, -0.2) is 79.2 Å². The van der Waals surface area contributed by atoms with Crippen LogP contribution in [0.25, 0.3) is 0 Å². The highest BCUT2D eigenvalue weighted by Crippen LogP contribution is 2.48. The van der Waals surface area contributed by atoms with Crippen molar-refractivity contribution in [3.8, 4) is 0 Å². The summed E-state index contributed by atoms with van der Waals surface area (Å²) in [6.07, 6.45) is 4.55. The molecule has 35 heavy (non-hydrogen) atoms. The number of amides is 2. The van der Waals surface area contributed by atoms with E-state index in [1.165, 1.54) is 0 Å². The van der Waals surface area contributed by atoms with Crippen LogP contribution in [0.2, 0.25) is 0 Å². The molecule has 2 aliphatic heterocycles.